The van der Waals surface area contributed by atoms with Crippen LogP contribution in [0.15, 0.2) is 36.4 Å². The first-order valence-electron chi connectivity index (χ1n) is 7.74. The summed E-state index contributed by atoms with van der Waals surface area (Å²) in [5.74, 6) is -0.0354. The zero-order chi connectivity index (χ0) is 16.8. The second-order valence-electron chi connectivity index (χ2n) is 5.81. The van der Waals surface area contributed by atoms with Gasteiger partial charge in [-0.1, -0.05) is 17.7 Å². The maximum Gasteiger partial charge on any atom is 0.337 e. The van der Waals surface area contributed by atoms with E-state index < -0.39 is 5.97 Å². The molecule has 2 rings (SSSR count). The number of aryl methyl sites for hydroxylation is 3. The topological polar surface area (TPSA) is 58.6 Å². The Morgan fingerprint density at radius 3 is 2.39 bits per heavy atom. The molecule has 0 aliphatic rings. The highest BCUT2D eigenvalue weighted by molar-refractivity contribution is 5.94. The lowest BCUT2D eigenvalue weighted by atomic mass is 10.1. The van der Waals surface area contributed by atoms with Crippen molar-refractivity contribution in [1.82, 2.24) is 0 Å². The molecule has 0 atom stereocenters. The van der Waals surface area contributed by atoms with Crippen molar-refractivity contribution in [3.8, 4) is 5.75 Å². The van der Waals surface area contributed by atoms with E-state index in [0.717, 1.165) is 17.7 Å². The van der Waals surface area contributed by atoms with Crippen LogP contribution in [-0.4, -0.2) is 24.2 Å². The lowest BCUT2D eigenvalue weighted by molar-refractivity contribution is 0.0698. The van der Waals surface area contributed by atoms with Crippen LogP contribution >= 0.6 is 0 Å². The molecule has 2 N–H and O–H groups in total. The molecule has 0 aliphatic carbocycles. The van der Waals surface area contributed by atoms with Crippen LogP contribution < -0.4 is 10.1 Å². The second-order valence-corrected chi connectivity index (χ2v) is 5.81. The molecule has 0 saturated heterocycles. The molecule has 0 unspecified atom stereocenters. The van der Waals surface area contributed by atoms with Crippen LogP contribution in [-0.2, 0) is 0 Å². The summed E-state index contributed by atoms with van der Waals surface area (Å²) in [6, 6.07) is 11.5. The van der Waals surface area contributed by atoms with Crippen molar-refractivity contribution >= 4 is 11.7 Å². The first-order valence-corrected chi connectivity index (χ1v) is 7.74. The number of carbonyl (C=O) groups is 1. The third-order valence-electron chi connectivity index (χ3n) is 3.51. The van der Waals surface area contributed by atoms with Gasteiger partial charge in [0.1, 0.15) is 5.75 Å². The molecule has 0 heterocycles. The van der Waals surface area contributed by atoms with E-state index in [2.05, 4.69) is 11.4 Å². The number of rotatable bonds is 7. The Hall–Kier alpha value is -2.49. The van der Waals surface area contributed by atoms with Crippen molar-refractivity contribution in [2.24, 2.45) is 0 Å². The molecule has 0 bridgehead atoms. The van der Waals surface area contributed by atoms with Crippen LogP contribution in [0.4, 0.5) is 5.69 Å². The summed E-state index contributed by atoms with van der Waals surface area (Å²) in [7, 11) is 0. The fraction of sp³-hybridized carbons (Fsp3) is 0.316. The Morgan fingerprint density at radius 1 is 1.04 bits per heavy atom. The minimum Gasteiger partial charge on any atom is -0.494 e. The SMILES string of the molecule is Cc1cc(C)cc(OCCCNc2ccc(C)cc2C(=O)O)c1. The van der Waals surface area contributed by atoms with Crippen LogP contribution in [0, 0.1) is 20.8 Å². The van der Waals surface area contributed by atoms with E-state index in [9.17, 15) is 9.90 Å². The summed E-state index contributed by atoms with van der Waals surface area (Å²) in [5, 5.41) is 12.4. The Balaban J connectivity index is 1.83. The molecule has 0 aliphatic heterocycles. The summed E-state index contributed by atoms with van der Waals surface area (Å²) < 4.78 is 5.75. The Kier molecular flexibility index (Phi) is 5.63. The van der Waals surface area contributed by atoms with Crippen molar-refractivity contribution in [2.75, 3.05) is 18.5 Å². The van der Waals surface area contributed by atoms with Crippen LogP contribution in [0.3, 0.4) is 0 Å². The number of anilines is 1. The van der Waals surface area contributed by atoms with Gasteiger partial charge in [0.15, 0.2) is 0 Å². The lowest BCUT2D eigenvalue weighted by Gasteiger charge is -2.11. The van der Waals surface area contributed by atoms with Gasteiger partial charge in [-0.2, -0.15) is 0 Å². The molecule has 0 amide bonds. The highest BCUT2D eigenvalue weighted by Crippen LogP contribution is 2.18. The first-order chi connectivity index (χ1) is 11.0. The smallest absolute Gasteiger partial charge is 0.337 e. The van der Waals surface area contributed by atoms with Crippen molar-refractivity contribution in [3.05, 3.63) is 58.7 Å². The number of hydrogen-bond acceptors (Lipinski definition) is 3. The van der Waals surface area contributed by atoms with Crippen LogP contribution in [0.1, 0.15) is 33.5 Å². The standard InChI is InChI=1S/C19H23NO3/c1-13-5-6-18(17(12-13)19(21)22)20-7-4-8-23-16-10-14(2)9-15(3)11-16/h5-6,9-12,20H,4,7-8H2,1-3H3,(H,21,22). The molecule has 0 radical (unpaired) electrons. The number of carboxylic acids is 1. The zero-order valence-electron chi connectivity index (χ0n) is 13.8. The van der Waals surface area contributed by atoms with Crippen molar-refractivity contribution in [3.63, 3.8) is 0 Å². The highest BCUT2D eigenvalue weighted by Gasteiger charge is 2.09. The Morgan fingerprint density at radius 2 is 1.74 bits per heavy atom. The fourth-order valence-electron chi connectivity index (χ4n) is 2.49. The number of ether oxygens (including phenoxy) is 1. The largest absolute Gasteiger partial charge is 0.494 e. The van der Waals surface area contributed by atoms with Gasteiger partial charge in [-0.15, -0.1) is 0 Å². The lowest BCUT2D eigenvalue weighted by Crippen LogP contribution is -2.10. The predicted octanol–water partition coefficient (Wildman–Crippen LogP) is 4.19. The van der Waals surface area contributed by atoms with Gasteiger partial charge >= 0.3 is 5.97 Å². The number of nitrogens with one attached hydrogen (secondary N) is 1. The van der Waals surface area contributed by atoms with Gasteiger partial charge < -0.3 is 15.2 Å². The molecule has 0 spiro atoms. The minimum absolute atomic E-state index is 0.306. The Bertz CT molecular complexity index is 675. The maximum absolute atomic E-state index is 11.2. The molecule has 4 heteroatoms. The van der Waals surface area contributed by atoms with Gasteiger partial charge in [0.05, 0.1) is 12.2 Å². The number of hydrogen-bond donors (Lipinski definition) is 2. The second kappa shape index (κ2) is 7.68. The molecule has 23 heavy (non-hydrogen) atoms. The van der Waals surface area contributed by atoms with Crippen molar-refractivity contribution in [1.29, 1.82) is 0 Å². The van der Waals surface area contributed by atoms with Crippen molar-refractivity contribution in [2.45, 2.75) is 27.2 Å². The third kappa shape index (κ3) is 5.02. The molecular formula is C19H23NO3. The molecular weight excluding hydrogens is 290 g/mol. The first kappa shape index (κ1) is 16.9. The third-order valence-corrected chi connectivity index (χ3v) is 3.51. The Labute approximate surface area is 137 Å². The van der Waals surface area contributed by atoms with E-state index in [1.165, 1.54) is 11.1 Å². The van der Waals surface area contributed by atoms with E-state index in [-0.39, 0.29) is 0 Å². The minimum atomic E-state index is -0.914. The summed E-state index contributed by atoms with van der Waals surface area (Å²) in [4.78, 5) is 11.2. The van der Waals surface area contributed by atoms with Gasteiger partial charge in [-0.05, 0) is 62.6 Å². The molecule has 122 valence electrons. The van der Waals surface area contributed by atoms with Gasteiger partial charge in [-0.3, -0.25) is 0 Å². The van der Waals surface area contributed by atoms with Gasteiger partial charge in [0.2, 0.25) is 0 Å². The van der Waals surface area contributed by atoms with Gasteiger partial charge in [0.25, 0.3) is 0 Å². The average Bonchev–Trinajstić information content (AvgIpc) is 2.47. The number of benzene rings is 2. The summed E-state index contributed by atoms with van der Waals surface area (Å²) in [5.41, 5.74) is 4.26. The predicted molar refractivity (Wildman–Crippen MR) is 92.7 cm³/mol. The van der Waals surface area contributed by atoms with Crippen LogP contribution in [0.25, 0.3) is 0 Å². The molecule has 0 fully saturated rings. The molecule has 4 nitrogen and oxygen atoms in total. The highest BCUT2D eigenvalue weighted by atomic mass is 16.5. The molecule has 0 saturated carbocycles. The van der Waals surface area contributed by atoms with E-state index in [1.54, 1.807) is 6.07 Å². The summed E-state index contributed by atoms with van der Waals surface area (Å²) in [6.45, 7) is 7.23. The number of aromatic carboxylic acids is 1. The van der Waals surface area contributed by atoms with Crippen molar-refractivity contribution < 1.29 is 14.6 Å². The van der Waals surface area contributed by atoms with Gasteiger partial charge in [-0.25, -0.2) is 4.79 Å². The van der Waals surface area contributed by atoms with Crippen LogP contribution in [0.2, 0.25) is 0 Å². The fourth-order valence-corrected chi connectivity index (χ4v) is 2.49. The van der Waals surface area contributed by atoms with E-state index in [4.69, 9.17) is 4.74 Å². The summed E-state index contributed by atoms with van der Waals surface area (Å²) >= 11 is 0. The average molecular weight is 313 g/mol. The molecule has 2 aromatic carbocycles. The summed E-state index contributed by atoms with van der Waals surface area (Å²) in [6.07, 6.45) is 0.792. The molecule has 2 aromatic rings. The zero-order valence-corrected chi connectivity index (χ0v) is 13.8. The molecule has 0 aromatic heterocycles. The normalized spacial score (nSPS) is 10.4. The maximum atomic E-state index is 11.2. The van der Waals surface area contributed by atoms with E-state index in [0.29, 0.717) is 24.4 Å². The van der Waals surface area contributed by atoms with E-state index >= 15 is 0 Å². The number of carboxylic acid groups (broad SMARTS) is 1. The van der Waals surface area contributed by atoms with E-state index in [1.807, 2.05) is 45.0 Å². The van der Waals surface area contributed by atoms with Crippen LogP contribution in [0.5, 0.6) is 5.75 Å². The quantitative estimate of drug-likeness (QED) is 0.752. The van der Waals surface area contributed by atoms with Gasteiger partial charge in [0, 0.05) is 12.2 Å². The monoisotopic (exact) mass is 313 g/mol.